The van der Waals surface area contributed by atoms with Crippen molar-refractivity contribution in [2.75, 3.05) is 140 Å². The molecule has 0 saturated heterocycles. The quantitative estimate of drug-likeness (QED) is 0.0277. The van der Waals surface area contributed by atoms with E-state index in [1.54, 1.807) is 84.4 Å². The van der Waals surface area contributed by atoms with Gasteiger partial charge in [-0.05, 0) is 182 Å². The molecule has 0 aromatic rings. The molecular formula is C60H136Cl2N8O15S. The number of nitrogens with one attached hydrogen (secondary N) is 2. The minimum atomic E-state index is -3.19. The second-order valence-electron chi connectivity index (χ2n) is 20.8. The van der Waals surface area contributed by atoms with E-state index in [2.05, 4.69) is 98.3 Å². The molecule has 0 atom stereocenters. The Balaban J connectivity index is -0.0000000968. The fourth-order valence-corrected chi connectivity index (χ4v) is 5.02. The van der Waals surface area contributed by atoms with Crippen molar-refractivity contribution in [3.8, 4) is 0 Å². The van der Waals surface area contributed by atoms with E-state index in [1.165, 1.54) is 11.3 Å². The van der Waals surface area contributed by atoms with Gasteiger partial charge in [0.1, 0.15) is 0 Å². The molecule has 26 heteroatoms. The number of aliphatic hydroxyl groups is 3. The molecule has 0 saturated carbocycles. The normalized spacial score (nSPS) is 10.0. The van der Waals surface area contributed by atoms with Gasteiger partial charge in [0.15, 0.2) is 0 Å². The lowest BCUT2D eigenvalue weighted by Gasteiger charge is -2.21. The van der Waals surface area contributed by atoms with Crippen LogP contribution < -0.4 is 10.6 Å². The van der Waals surface area contributed by atoms with Gasteiger partial charge in [-0.1, -0.05) is 74.7 Å². The third kappa shape index (κ3) is 123. The molecule has 0 aromatic carbocycles. The van der Waals surface area contributed by atoms with Crippen LogP contribution in [0, 0.1) is 0 Å². The maximum atomic E-state index is 11.5. The van der Waals surface area contributed by atoms with Gasteiger partial charge < -0.3 is 79.0 Å². The zero-order valence-corrected chi connectivity index (χ0v) is 61.9. The van der Waals surface area contributed by atoms with E-state index in [1.807, 2.05) is 48.6 Å². The zero-order chi connectivity index (χ0) is 69.8. The van der Waals surface area contributed by atoms with Crippen LogP contribution in [0.25, 0.3) is 0 Å². The summed E-state index contributed by atoms with van der Waals surface area (Å²) in [6, 6.07) is 0. The lowest BCUT2D eigenvalue weighted by Crippen LogP contribution is -2.33. The molecule has 0 spiro atoms. The number of amides is 4. The lowest BCUT2D eigenvalue weighted by atomic mass is 10.3. The predicted octanol–water partition coefficient (Wildman–Crippen LogP) is 11.5. The average molecular weight is 1310 g/mol. The highest BCUT2D eigenvalue weighted by molar-refractivity contribution is 8.13. The summed E-state index contributed by atoms with van der Waals surface area (Å²) in [6.45, 7) is 50.3. The van der Waals surface area contributed by atoms with Crippen LogP contribution in [0.5, 0.6) is 0 Å². The summed E-state index contributed by atoms with van der Waals surface area (Å²) in [7, 11) is 12.3. The van der Waals surface area contributed by atoms with E-state index >= 15 is 0 Å². The summed E-state index contributed by atoms with van der Waals surface area (Å²) in [4.78, 5) is 65.8. The van der Waals surface area contributed by atoms with Gasteiger partial charge >= 0.3 is 29.8 Å². The summed E-state index contributed by atoms with van der Waals surface area (Å²) >= 11 is 4.81. The topological polar surface area (TPSA) is 270 Å². The van der Waals surface area contributed by atoms with Crippen LogP contribution in [0.2, 0.25) is 0 Å². The molecule has 0 aliphatic rings. The fraction of sp³-hybridized carbons (Fsp3) is 0.917. The summed E-state index contributed by atoms with van der Waals surface area (Å²) in [5.41, 5.74) is -0.741. The van der Waals surface area contributed by atoms with Crippen LogP contribution in [-0.2, 0) is 32.7 Å². The van der Waals surface area contributed by atoms with Crippen molar-refractivity contribution >= 4 is 61.1 Å². The molecule has 0 aliphatic carbocycles. The summed E-state index contributed by atoms with van der Waals surface area (Å²) < 4.78 is 43.2. The number of aliphatic hydroxyl groups excluding tert-OH is 3. The van der Waals surface area contributed by atoms with Crippen LogP contribution in [0.15, 0.2) is 0 Å². The van der Waals surface area contributed by atoms with Gasteiger partial charge in [0, 0.05) is 96.0 Å². The number of unbranched alkanes of at least 4 members (excludes halogenated alkanes) is 3. The van der Waals surface area contributed by atoms with E-state index < -0.39 is 14.5 Å². The van der Waals surface area contributed by atoms with Gasteiger partial charge in [-0.25, -0.2) is 32.4 Å². The second-order valence-corrected chi connectivity index (χ2v) is 24.1. The smallest absolute Gasteiger partial charge is 0.409 e. The molecule has 0 aromatic heterocycles. The molecule has 0 unspecified atom stereocenters. The standard InChI is InChI=1S/C12H26N2O2.C11H24N2O2.C9H19NO2.C8H17NO3.C5H12O.C4H7ClO2.C4H11N.C3H9N.C3H8O.CH3ClO2S/c1-6-14(7-2)10-8-9-13(5)12(15)16-11(3)4;1-6-12(4)8-7-9-13(5)11(14)15-10(2)3;1-5-6-7-10(4)9(11)12-8(2)3;1-7(2)12-8(11)9(3)5-4-6-10;1-2-3-4-5-6;1-3(2)7-4(5)6;1-3-5-4-2;1-3-4-2;1-3(2)4;1-5(2,3)4/h11H,6-10H2,1-5H3;10H,6-9H2,1-5H3;8H,5-7H2,1-4H3;7,10H,4-6H2,1-3H3;6H,2-5H2,1H3;3H,1-2H3;5H,3-4H2,1-2H3;4H,3H2,1-2H3;3-4H,1-2H3;1H3. The largest absolute Gasteiger partial charge is 0.451 e. The first kappa shape index (κ1) is 105. The Morgan fingerprint density at radius 2 is 0.721 bits per heavy atom. The fourth-order valence-electron chi connectivity index (χ4n) is 4.84. The highest BCUT2D eigenvalue weighted by Gasteiger charge is 2.14. The van der Waals surface area contributed by atoms with E-state index in [0.717, 1.165) is 117 Å². The van der Waals surface area contributed by atoms with Crippen molar-refractivity contribution < 1.29 is 71.4 Å². The molecule has 0 radical (unpaired) electrons. The zero-order valence-electron chi connectivity index (χ0n) is 59.6. The van der Waals surface area contributed by atoms with E-state index in [-0.39, 0.29) is 67.6 Å². The molecular weight excluding hydrogens is 1180 g/mol. The first-order valence-electron chi connectivity index (χ1n) is 30.8. The van der Waals surface area contributed by atoms with Crippen LogP contribution in [0.1, 0.15) is 190 Å². The first-order chi connectivity index (χ1) is 39.7. The molecule has 0 fully saturated rings. The summed E-state index contributed by atoms with van der Waals surface area (Å²) in [5, 5.41) is 30.8. The third-order valence-corrected chi connectivity index (χ3v) is 9.56. The Hall–Kier alpha value is -3.20. The minimum Gasteiger partial charge on any atom is -0.451 e. The minimum absolute atomic E-state index is 0.0263. The molecule has 4 amide bonds. The number of nitrogens with zero attached hydrogens (tertiary/aromatic N) is 6. The van der Waals surface area contributed by atoms with Crippen molar-refractivity contribution in [3.63, 3.8) is 0 Å². The van der Waals surface area contributed by atoms with E-state index in [0.29, 0.717) is 19.6 Å². The molecule has 0 heterocycles. The number of hydrogen-bond acceptors (Lipinski definition) is 19. The SMILES string of the molecule is CC(C)O.CC(C)OC(=O)Cl.CC(C)OC(=O)N(C)CCCO.CCCCCO.CCCCN(C)C(=O)OC(C)C.CCN(C)CCCN(C)C(=O)OC(C)C.CCN(CC)CCCN(C)C(=O)OC(C)C.CCNC.CCNCC.CS(=O)(=O)Cl. The maximum absolute atomic E-state index is 11.5. The highest BCUT2D eigenvalue weighted by Crippen LogP contribution is 2.02. The summed E-state index contributed by atoms with van der Waals surface area (Å²) in [5.74, 6) is 0. The van der Waals surface area contributed by atoms with Crippen molar-refractivity contribution in [3.05, 3.63) is 0 Å². The number of rotatable bonds is 28. The number of carbonyl (C=O) groups is 5. The molecule has 23 nitrogen and oxygen atoms in total. The molecule has 0 aliphatic heterocycles. The third-order valence-electron chi connectivity index (χ3n) is 9.47. The molecule has 526 valence electrons. The van der Waals surface area contributed by atoms with Gasteiger partial charge in [0.05, 0.1) is 36.8 Å². The van der Waals surface area contributed by atoms with Crippen molar-refractivity contribution in [1.29, 1.82) is 0 Å². The predicted molar refractivity (Wildman–Crippen MR) is 360 cm³/mol. The van der Waals surface area contributed by atoms with Gasteiger partial charge in [-0.3, -0.25) is 0 Å². The lowest BCUT2D eigenvalue weighted by molar-refractivity contribution is 0.0816. The van der Waals surface area contributed by atoms with Crippen LogP contribution in [0.3, 0.4) is 0 Å². The number of ether oxygens (including phenoxy) is 5. The van der Waals surface area contributed by atoms with Crippen molar-refractivity contribution in [2.24, 2.45) is 0 Å². The van der Waals surface area contributed by atoms with Gasteiger partial charge in [-0.15, -0.1) is 0 Å². The van der Waals surface area contributed by atoms with E-state index in [9.17, 15) is 32.4 Å². The second kappa shape index (κ2) is 77.9. The number of halogens is 2. The molecule has 0 rings (SSSR count). The van der Waals surface area contributed by atoms with Crippen molar-refractivity contribution in [2.45, 2.75) is 226 Å². The van der Waals surface area contributed by atoms with Gasteiger partial charge in [0.25, 0.3) is 0 Å². The molecule has 86 heavy (non-hydrogen) atoms. The van der Waals surface area contributed by atoms with Gasteiger partial charge in [-0.2, -0.15) is 0 Å². The number of carbonyl (C=O) groups excluding carboxylic acids is 5. The van der Waals surface area contributed by atoms with E-state index in [4.69, 9.17) is 45.9 Å². The molecule has 0 bridgehead atoms. The van der Waals surface area contributed by atoms with Gasteiger partial charge in [0.2, 0.25) is 9.05 Å². The average Bonchev–Trinajstić information content (AvgIpc) is 3.44. The van der Waals surface area contributed by atoms with Crippen LogP contribution in [-0.4, -0.2) is 260 Å². The Morgan fingerprint density at radius 1 is 0.453 bits per heavy atom. The molecule has 5 N–H and O–H groups in total. The van der Waals surface area contributed by atoms with Crippen LogP contribution >= 0.6 is 22.3 Å². The summed E-state index contributed by atoms with van der Waals surface area (Å²) in [6.07, 6.45) is 7.45. The maximum Gasteiger partial charge on any atom is 0.409 e. The Labute approximate surface area is 536 Å². The monoisotopic (exact) mass is 1310 g/mol. The van der Waals surface area contributed by atoms with Crippen LogP contribution in [0.4, 0.5) is 24.0 Å². The number of hydrogen-bond donors (Lipinski definition) is 5. The first-order valence-corrected chi connectivity index (χ1v) is 33.9. The Morgan fingerprint density at radius 3 is 0.895 bits per heavy atom. The Kier molecular flexibility index (Phi) is 94.7. The van der Waals surface area contributed by atoms with Crippen molar-refractivity contribution in [1.82, 2.24) is 40.0 Å². The Bertz CT molecular complexity index is 1490. The highest BCUT2D eigenvalue weighted by atomic mass is 35.7.